The van der Waals surface area contributed by atoms with Gasteiger partial charge in [-0.15, -0.1) is 0 Å². The molecule has 4 aliphatic rings. The number of aromatic nitrogens is 1. The molecule has 270 valence electrons. The van der Waals surface area contributed by atoms with E-state index in [1.165, 1.54) is 11.1 Å². The van der Waals surface area contributed by atoms with Gasteiger partial charge in [-0.2, -0.15) is 0 Å². The Bertz CT molecular complexity index is 1570. The second-order valence-electron chi connectivity index (χ2n) is 14.7. The highest BCUT2D eigenvalue weighted by atomic mass is 32.2. The predicted molar refractivity (Wildman–Crippen MR) is 179 cm³/mol. The van der Waals surface area contributed by atoms with Crippen LogP contribution in [0.2, 0.25) is 0 Å². The Morgan fingerprint density at radius 2 is 1.92 bits per heavy atom. The van der Waals surface area contributed by atoms with Crippen LogP contribution in [0.15, 0.2) is 30.5 Å². The van der Waals surface area contributed by atoms with Crippen molar-refractivity contribution >= 4 is 33.8 Å². The maximum absolute atomic E-state index is 14.3. The fourth-order valence-electron chi connectivity index (χ4n) is 6.28. The number of nitrogens with one attached hydrogen (secondary N) is 3. The number of pyridine rings is 1. The molecule has 0 spiro atoms. The van der Waals surface area contributed by atoms with Gasteiger partial charge in [0.15, 0.2) is 0 Å². The van der Waals surface area contributed by atoms with E-state index in [2.05, 4.69) is 20.3 Å². The molecule has 3 N–H and O–H groups in total. The lowest BCUT2D eigenvalue weighted by molar-refractivity contribution is -0.141. The van der Waals surface area contributed by atoms with E-state index < -0.39 is 73.8 Å². The molecule has 4 amide bonds. The van der Waals surface area contributed by atoms with Gasteiger partial charge in [0, 0.05) is 24.6 Å². The summed E-state index contributed by atoms with van der Waals surface area (Å²) < 4.78 is 44.5. The first-order valence-corrected chi connectivity index (χ1v) is 18.6. The van der Waals surface area contributed by atoms with Crippen LogP contribution in [0.1, 0.15) is 92.4 Å². The number of carbonyl (C=O) groups is 4. The predicted octanol–water partition coefficient (Wildman–Crippen LogP) is 3.12. The molecule has 3 fully saturated rings. The molecule has 14 nitrogen and oxygen atoms in total. The highest BCUT2D eigenvalue weighted by Crippen LogP contribution is 2.47. The van der Waals surface area contributed by atoms with Gasteiger partial charge >= 0.3 is 6.09 Å². The zero-order valence-corrected chi connectivity index (χ0v) is 29.8. The minimum Gasteiger partial charge on any atom is -0.488 e. The topological polar surface area (TPSA) is 182 Å². The number of rotatable bonds is 8. The first-order chi connectivity index (χ1) is 23.1. The summed E-state index contributed by atoms with van der Waals surface area (Å²) in [6, 6.07) is 1.21. The van der Waals surface area contributed by atoms with E-state index in [0.717, 1.165) is 12.8 Å². The molecule has 1 aromatic heterocycles. The summed E-state index contributed by atoms with van der Waals surface area (Å²) in [5, 5.41) is 5.59. The largest absolute Gasteiger partial charge is 0.488 e. The summed E-state index contributed by atoms with van der Waals surface area (Å²) in [7, 11) is -3.97. The van der Waals surface area contributed by atoms with Crippen molar-refractivity contribution < 1.29 is 41.8 Å². The number of ether oxygens (including phenoxy) is 3. The normalized spacial score (nSPS) is 29.1. The van der Waals surface area contributed by atoms with E-state index in [1.54, 1.807) is 39.8 Å². The number of sulfonamides is 1. The van der Waals surface area contributed by atoms with Crippen molar-refractivity contribution in [3.05, 3.63) is 30.5 Å². The zero-order chi connectivity index (χ0) is 35.6. The third-order valence-electron chi connectivity index (χ3n) is 9.47. The van der Waals surface area contributed by atoms with Crippen LogP contribution in [0.25, 0.3) is 0 Å². The van der Waals surface area contributed by atoms with E-state index in [1.807, 2.05) is 19.1 Å². The second kappa shape index (κ2) is 14.2. The minimum absolute atomic E-state index is 0.0188. The summed E-state index contributed by atoms with van der Waals surface area (Å²) >= 11 is 0. The Morgan fingerprint density at radius 1 is 1.16 bits per heavy atom. The van der Waals surface area contributed by atoms with Crippen molar-refractivity contribution in [2.45, 2.75) is 126 Å². The van der Waals surface area contributed by atoms with Crippen molar-refractivity contribution in [3.8, 4) is 11.6 Å². The van der Waals surface area contributed by atoms with Crippen LogP contribution < -0.4 is 24.8 Å². The fraction of sp³-hybridized carbons (Fsp3) is 0.676. The zero-order valence-electron chi connectivity index (χ0n) is 29.0. The number of hydrogen-bond donors (Lipinski definition) is 3. The number of carbonyl (C=O) groups excluding carboxylic acids is 4. The lowest BCUT2D eigenvalue weighted by Gasteiger charge is -2.30. The second-order valence-corrected chi connectivity index (χ2v) is 16.9. The maximum atomic E-state index is 14.3. The number of amides is 4. The van der Waals surface area contributed by atoms with E-state index in [9.17, 15) is 27.6 Å². The van der Waals surface area contributed by atoms with Gasteiger partial charge < -0.3 is 29.7 Å². The summed E-state index contributed by atoms with van der Waals surface area (Å²) in [4.78, 5) is 60.6. The highest BCUT2D eigenvalue weighted by Gasteiger charge is 2.63. The molecule has 49 heavy (non-hydrogen) atoms. The van der Waals surface area contributed by atoms with Crippen LogP contribution in [0.5, 0.6) is 11.6 Å². The standard InChI is InChI=1S/C34H49N5O9S/c1-6-46-27-19-23(14-17-35-27)47-24-18-26-28(40)37-34(30(42)38-49(44,45)33(5)15-16-33)20-22(34)12-10-8-7-9-11-13-25(29(41)39(26)21-24)36-31(43)48-32(2,3)4/h10,12,14,17,19,22,24-26H,6-9,11,13,15-16,18,20-21H2,1-5H3,(H,36,43)(H,37,40)(H,38,42)/b12-10-/t22?,24-,25+,26+,34-/m1/s1. The van der Waals surface area contributed by atoms with Crippen molar-refractivity contribution in [1.29, 1.82) is 0 Å². The molecule has 2 aliphatic heterocycles. The Morgan fingerprint density at radius 3 is 2.61 bits per heavy atom. The SMILES string of the molecule is CCOc1cc(O[C@@H]2C[C@H]3C(=O)N[C@]4(C(=O)NS(=O)(=O)C5(C)CC5)CC4/C=C\CCCCC[C@H](NC(=O)OC(C)(C)C)C(=O)N3C2)ccn1. The Hall–Kier alpha value is -3.88. The van der Waals surface area contributed by atoms with Gasteiger partial charge in [-0.1, -0.05) is 25.0 Å². The Kier molecular flexibility index (Phi) is 10.5. The molecule has 1 saturated heterocycles. The van der Waals surface area contributed by atoms with E-state index in [-0.39, 0.29) is 19.4 Å². The van der Waals surface area contributed by atoms with Crippen molar-refractivity contribution in [3.63, 3.8) is 0 Å². The molecule has 3 heterocycles. The average Bonchev–Trinajstić information content (AvgIpc) is 3.89. The first kappa shape index (κ1) is 36.4. The molecule has 1 aromatic rings. The number of nitrogens with zero attached hydrogens (tertiary/aromatic N) is 2. The quantitative estimate of drug-likeness (QED) is 0.340. The van der Waals surface area contributed by atoms with Crippen LogP contribution >= 0.6 is 0 Å². The Labute approximate surface area is 288 Å². The molecule has 0 bridgehead atoms. The molecular weight excluding hydrogens is 654 g/mol. The summed E-state index contributed by atoms with van der Waals surface area (Å²) in [6.45, 7) is 9.02. The van der Waals surface area contributed by atoms with E-state index in [0.29, 0.717) is 50.3 Å². The van der Waals surface area contributed by atoms with Crippen LogP contribution in [0, 0.1) is 5.92 Å². The lowest BCUT2D eigenvalue weighted by atomic mass is 10.0. The smallest absolute Gasteiger partial charge is 0.408 e. The van der Waals surface area contributed by atoms with Gasteiger partial charge in [-0.3, -0.25) is 19.1 Å². The van der Waals surface area contributed by atoms with E-state index in [4.69, 9.17) is 14.2 Å². The maximum Gasteiger partial charge on any atom is 0.408 e. The summed E-state index contributed by atoms with van der Waals surface area (Å²) in [5.74, 6) is -1.51. The van der Waals surface area contributed by atoms with Crippen LogP contribution in [0.4, 0.5) is 4.79 Å². The first-order valence-electron chi connectivity index (χ1n) is 17.2. The fourth-order valence-corrected chi connectivity index (χ4v) is 7.59. The molecule has 1 unspecified atom stereocenters. The number of fused-ring (bicyclic) bond motifs is 2. The molecular formula is C34H49N5O9S. The molecule has 2 saturated carbocycles. The van der Waals surface area contributed by atoms with Crippen LogP contribution in [-0.2, 0) is 29.1 Å². The monoisotopic (exact) mass is 703 g/mol. The van der Waals surface area contributed by atoms with Crippen molar-refractivity contribution in [1.82, 2.24) is 25.2 Å². The van der Waals surface area contributed by atoms with Gasteiger partial charge in [-0.05, 0) is 79.2 Å². The average molecular weight is 704 g/mol. The molecule has 0 radical (unpaired) electrons. The highest BCUT2D eigenvalue weighted by molar-refractivity contribution is 7.91. The molecule has 5 atom stereocenters. The van der Waals surface area contributed by atoms with Crippen LogP contribution in [0.3, 0.4) is 0 Å². The molecule has 0 aromatic carbocycles. The molecule has 5 rings (SSSR count). The van der Waals surface area contributed by atoms with Crippen molar-refractivity contribution in [2.24, 2.45) is 5.92 Å². The number of allylic oxidation sites excluding steroid dienone is 1. The molecule has 2 aliphatic carbocycles. The lowest BCUT2D eigenvalue weighted by Crippen LogP contribution is -2.58. The Balaban J connectivity index is 1.43. The van der Waals surface area contributed by atoms with Gasteiger partial charge in [0.05, 0.1) is 17.9 Å². The third kappa shape index (κ3) is 8.65. The van der Waals surface area contributed by atoms with Crippen molar-refractivity contribution in [2.75, 3.05) is 13.2 Å². The minimum atomic E-state index is -3.97. The number of alkyl carbamates (subject to hydrolysis) is 1. The van der Waals surface area contributed by atoms with Gasteiger partial charge in [0.1, 0.15) is 35.1 Å². The molecule has 15 heteroatoms. The number of hydrogen-bond acceptors (Lipinski definition) is 10. The van der Waals surface area contributed by atoms with Crippen LogP contribution in [-0.4, -0.2) is 89.3 Å². The van der Waals surface area contributed by atoms with Gasteiger partial charge in [-0.25, -0.2) is 18.2 Å². The van der Waals surface area contributed by atoms with Gasteiger partial charge in [0.2, 0.25) is 27.7 Å². The summed E-state index contributed by atoms with van der Waals surface area (Å²) in [5.41, 5.74) is -2.29. The van der Waals surface area contributed by atoms with E-state index >= 15 is 0 Å². The summed E-state index contributed by atoms with van der Waals surface area (Å²) in [6.07, 6.45) is 8.38. The van der Waals surface area contributed by atoms with Gasteiger partial charge in [0.25, 0.3) is 5.91 Å². The third-order valence-corrected chi connectivity index (χ3v) is 11.6.